The van der Waals surface area contributed by atoms with E-state index in [1.54, 1.807) is 23.1 Å². The number of carboxylic acid groups (broad SMARTS) is 1. The lowest BCUT2D eigenvalue weighted by Crippen LogP contribution is -2.55. The maximum Gasteiger partial charge on any atom is 0.422 e. The van der Waals surface area contributed by atoms with E-state index in [1.165, 1.54) is 4.90 Å². The summed E-state index contributed by atoms with van der Waals surface area (Å²) in [4.78, 5) is 44.9. The lowest BCUT2D eigenvalue weighted by atomic mass is 9.81. The van der Waals surface area contributed by atoms with Gasteiger partial charge in [-0.25, -0.2) is 0 Å². The van der Waals surface area contributed by atoms with Crippen molar-refractivity contribution in [1.82, 2.24) is 14.8 Å². The number of aliphatic hydroxyl groups excluding tert-OH is 1. The molecule has 10 nitrogen and oxygen atoms in total. The predicted octanol–water partition coefficient (Wildman–Crippen LogP) is 7.44. The second-order valence-electron chi connectivity index (χ2n) is 15.1. The molecule has 3 atom stereocenters. The summed E-state index contributed by atoms with van der Waals surface area (Å²) in [6, 6.07) is 7.42. The number of rotatable bonds is 11. The molecule has 2 amide bonds. The molecule has 0 spiro atoms. The summed E-state index contributed by atoms with van der Waals surface area (Å²) in [7, 11) is 0. The minimum Gasteiger partial charge on any atom is -0.493 e. The summed E-state index contributed by atoms with van der Waals surface area (Å²) < 4.78 is 82.4. The van der Waals surface area contributed by atoms with Crippen LogP contribution < -0.4 is 4.74 Å². The second kappa shape index (κ2) is 18.6. The summed E-state index contributed by atoms with van der Waals surface area (Å²) in [5.74, 6) is -1.75. The molecule has 0 bridgehead atoms. The summed E-state index contributed by atoms with van der Waals surface area (Å²) in [6.45, 7) is 6.70. The molecule has 1 aromatic carbocycles. The van der Waals surface area contributed by atoms with E-state index >= 15 is 0 Å². The lowest BCUT2D eigenvalue weighted by Gasteiger charge is -2.45. The number of amides is 2. The average molecular weight is 818 g/mol. The molecule has 4 heterocycles. The van der Waals surface area contributed by atoms with Crippen LogP contribution in [-0.2, 0) is 21.4 Å². The Morgan fingerprint density at radius 2 is 1.70 bits per heavy atom. The van der Waals surface area contributed by atoms with Crippen LogP contribution in [0.15, 0.2) is 53.7 Å². The van der Waals surface area contributed by atoms with Gasteiger partial charge in [0, 0.05) is 49.4 Å². The predicted molar refractivity (Wildman–Crippen MR) is 197 cm³/mol. The molecule has 3 unspecified atom stereocenters. The van der Waals surface area contributed by atoms with E-state index in [9.17, 15) is 45.8 Å². The summed E-state index contributed by atoms with van der Waals surface area (Å²) in [5, 5.41) is 29.6. The second-order valence-corrected chi connectivity index (χ2v) is 16.2. The zero-order valence-corrected chi connectivity index (χ0v) is 32.4. The van der Waals surface area contributed by atoms with Crippen LogP contribution in [0.4, 0.5) is 26.3 Å². The third-order valence-electron chi connectivity index (χ3n) is 10.3. The molecule has 2 aromatic rings. The summed E-state index contributed by atoms with van der Waals surface area (Å²) in [5.41, 5.74) is -2.67. The Labute approximate surface area is 326 Å². The molecule has 0 radical (unpaired) electrons. The Kier molecular flexibility index (Phi) is 14.9. The Morgan fingerprint density at radius 1 is 1.02 bits per heavy atom. The van der Waals surface area contributed by atoms with Gasteiger partial charge >= 0.3 is 18.3 Å². The first-order valence-corrected chi connectivity index (χ1v) is 19.5. The maximum atomic E-state index is 13.9. The Bertz CT molecular complexity index is 1710. The van der Waals surface area contributed by atoms with Crippen LogP contribution in [0.25, 0.3) is 0 Å². The van der Waals surface area contributed by atoms with Gasteiger partial charge in [-0.2, -0.15) is 26.3 Å². The summed E-state index contributed by atoms with van der Waals surface area (Å²) >= 11 is 0.644. The van der Waals surface area contributed by atoms with Gasteiger partial charge in [-0.05, 0) is 62.1 Å². The largest absolute Gasteiger partial charge is 0.493 e. The number of halogens is 6. The number of alkyl halides is 6. The Balaban J connectivity index is 0.000000604. The fourth-order valence-electron chi connectivity index (χ4n) is 7.35. The number of carboxylic acids is 1. The van der Waals surface area contributed by atoms with Crippen LogP contribution in [0.1, 0.15) is 93.6 Å². The van der Waals surface area contributed by atoms with Gasteiger partial charge < -0.3 is 29.9 Å². The van der Waals surface area contributed by atoms with Crippen LogP contribution in [-0.4, -0.2) is 98.2 Å². The van der Waals surface area contributed by atoms with Crippen molar-refractivity contribution in [2.24, 2.45) is 11.3 Å². The van der Waals surface area contributed by atoms with Crippen molar-refractivity contribution < 1.29 is 60.8 Å². The van der Waals surface area contributed by atoms with Gasteiger partial charge in [0.05, 0.1) is 46.7 Å². The number of carbonyl (C=O) groups excluding carboxylic acids is 2. The number of aromatic nitrogens is 1. The zero-order valence-electron chi connectivity index (χ0n) is 31.5. The highest BCUT2D eigenvalue weighted by molar-refractivity contribution is 8.03. The van der Waals surface area contributed by atoms with Crippen molar-refractivity contribution in [2.45, 2.75) is 102 Å². The number of carbonyl (C=O) groups is 3. The number of thioether (sulfide) groups is 1. The van der Waals surface area contributed by atoms with Crippen LogP contribution in [0.3, 0.4) is 0 Å². The molecule has 5 rings (SSSR count). The van der Waals surface area contributed by atoms with Crippen molar-refractivity contribution in [2.75, 3.05) is 32.0 Å². The average Bonchev–Trinajstić information content (AvgIpc) is 3.58. The van der Waals surface area contributed by atoms with Crippen molar-refractivity contribution in [3.8, 4) is 5.75 Å². The third-order valence-corrected chi connectivity index (χ3v) is 11.5. The highest BCUT2D eigenvalue weighted by Gasteiger charge is 2.45. The number of para-hydroxylation sites is 1. The van der Waals surface area contributed by atoms with E-state index in [-0.39, 0.29) is 57.2 Å². The number of hydrogen-bond donors (Lipinski definition) is 3. The van der Waals surface area contributed by atoms with Crippen molar-refractivity contribution in [1.29, 1.82) is 0 Å². The van der Waals surface area contributed by atoms with Crippen LogP contribution in [0.5, 0.6) is 5.75 Å². The number of piperidine rings is 2. The first kappa shape index (κ1) is 44.9. The Morgan fingerprint density at radius 3 is 2.27 bits per heavy atom. The van der Waals surface area contributed by atoms with E-state index in [1.807, 2.05) is 26.8 Å². The molecule has 3 N–H and O–H groups in total. The topological polar surface area (TPSA) is 140 Å². The molecule has 17 heteroatoms. The Hall–Kier alpha value is -3.83. The third kappa shape index (κ3) is 11.6. The maximum absolute atomic E-state index is 13.9. The van der Waals surface area contributed by atoms with Gasteiger partial charge in [0.1, 0.15) is 5.75 Å². The first-order valence-electron chi connectivity index (χ1n) is 18.5. The van der Waals surface area contributed by atoms with E-state index < -0.39 is 69.3 Å². The molecule has 3 aliphatic heterocycles. The first-order chi connectivity index (χ1) is 26.2. The molecule has 310 valence electrons. The van der Waals surface area contributed by atoms with Crippen LogP contribution in [0.2, 0.25) is 0 Å². The fourth-order valence-corrected chi connectivity index (χ4v) is 8.22. The minimum atomic E-state index is -4.72. The van der Waals surface area contributed by atoms with Gasteiger partial charge in [-0.3, -0.25) is 19.4 Å². The minimum absolute atomic E-state index is 0.00981. The van der Waals surface area contributed by atoms with Crippen molar-refractivity contribution in [3.63, 3.8) is 0 Å². The van der Waals surface area contributed by atoms with Gasteiger partial charge in [0.15, 0.2) is 0 Å². The molecular weight excluding hydrogens is 768 g/mol. The molecule has 2 fully saturated rings. The van der Waals surface area contributed by atoms with Crippen LogP contribution in [0, 0.1) is 11.3 Å². The van der Waals surface area contributed by atoms with E-state index in [0.717, 1.165) is 24.5 Å². The quantitative estimate of drug-likeness (QED) is 0.198. The molecule has 1 aromatic heterocycles. The number of likely N-dealkylation sites (tertiary alicyclic amines) is 2. The standard InChI is InChI=1S/C34H44F3N3O6.C5H5F3OS/c1-4-8-27-23(9-7-17-40(27)31(44)24-22-38-16-12-25(24)34(35,36)37)30(43)39-18-13-33(45,14-19-39)26-10-5-6-11-28(26)46-20-15-32(2,3)21-29(41)42;6-5(7,8)4-1-3(9)2-10-4/h5-6,10-12,16,22-23,27,45H,4,7-9,13-15,17-21H2,1-3H3,(H,41,42);1,3,9H,2H2. The SMILES string of the molecule is CCCC1C(C(=O)N2CCC(O)(c3ccccc3OCCC(C)(C)CC(=O)O)CC2)CCCN1C(=O)c1cnccc1C(F)(F)F.OC1C=C(C(F)(F)F)SC1. The molecule has 3 aliphatic rings. The van der Waals surface area contributed by atoms with Gasteiger partial charge in [0.2, 0.25) is 5.91 Å². The van der Waals surface area contributed by atoms with Gasteiger partial charge in [-0.15, -0.1) is 11.8 Å². The van der Waals surface area contributed by atoms with Gasteiger partial charge in [-0.1, -0.05) is 45.4 Å². The number of aliphatic carboxylic acids is 1. The molecule has 56 heavy (non-hydrogen) atoms. The monoisotopic (exact) mass is 817 g/mol. The zero-order chi connectivity index (χ0) is 41.5. The number of ether oxygens (including phenoxy) is 1. The fraction of sp³-hybridized carbons (Fsp3) is 0.590. The van der Waals surface area contributed by atoms with Crippen molar-refractivity contribution >= 4 is 29.5 Å². The molecule has 0 saturated carbocycles. The number of allylic oxidation sites excluding steroid dienone is 1. The number of pyridine rings is 1. The normalized spacial score (nSPS) is 21.5. The highest BCUT2D eigenvalue weighted by Crippen LogP contribution is 2.41. The summed E-state index contributed by atoms with van der Waals surface area (Å²) in [6.07, 6.45) is -4.00. The number of aliphatic hydroxyl groups is 2. The van der Waals surface area contributed by atoms with E-state index in [2.05, 4.69) is 4.98 Å². The molecular formula is C39H49F6N3O7S. The number of hydrogen-bond acceptors (Lipinski definition) is 8. The number of nitrogens with zero attached hydrogens (tertiary/aromatic N) is 3. The van der Waals surface area contributed by atoms with Crippen LogP contribution >= 0.6 is 11.8 Å². The van der Waals surface area contributed by atoms with E-state index in [0.29, 0.717) is 55.2 Å². The van der Waals surface area contributed by atoms with Gasteiger partial charge in [0.25, 0.3) is 5.91 Å². The van der Waals surface area contributed by atoms with E-state index in [4.69, 9.17) is 14.9 Å². The van der Waals surface area contributed by atoms with Crippen molar-refractivity contribution in [3.05, 3.63) is 70.4 Å². The smallest absolute Gasteiger partial charge is 0.422 e. The molecule has 2 saturated heterocycles. The molecule has 0 aliphatic carbocycles. The highest BCUT2D eigenvalue weighted by atomic mass is 32.2. The number of benzene rings is 1. The lowest BCUT2D eigenvalue weighted by molar-refractivity contribution is -0.144.